The molecule has 0 bridgehead atoms. The molecule has 3 heterocycles. The molecule has 0 unspecified atom stereocenters. The first-order valence-corrected chi connectivity index (χ1v) is 10.8. The van der Waals surface area contributed by atoms with E-state index in [0.717, 1.165) is 47.3 Å². The Hall–Kier alpha value is -3.19. The zero-order valence-corrected chi connectivity index (χ0v) is 18.4. The van der Waals surface area contributed by atoms with Gasteiger partial charge in [0.25, 0.3) is 0 Å². The number of aromatic nitrogens is 1. The summed E-state index contributed by atoms with van der Waals surface area (Å²) in [5.41, 5.74) is 2.32. The van der Waals surface area contributed by atoms with Gasteiger partial charge in [0, 0.05) is 18.3 Å². The normalized spacial score (nSPS) is 18.1. The van der Waals surface area contributed by atoms with Crippen LogP contribution in [0.5, 0.6) is 0 Å². The van der Waals surface area contributed by atoms with Crippen LogP contribution in [0.3, 0.4) is 0 Å². The Kier molecular flexibility index (Phi) is 6.32. The number of nitrogens with zero attached hydrogens (tertiary/aromatic N) is 2. The monoisotopic (exact) mass is 435 g/mol. The minimum Gasteiger partial charge on any atom is -0.465 e. The molecular formula is C24H25N3O3S. The molecule has 1 aromatic carbocycles. The van der Waals surface area contributed by atoms with Gasteiger partial charge in [0.15, 0.2) is 5.11 Å². The van der Waals surface area contributed by atoms with Crippen LogP contribution in [-0.4, -0.2) is 34.6 Å². The molecule has 7 heteroatoms. The molecule has 160 valence electrons. The second-order valence-electron chi connectivity index (χ2n) is 7.44. The topological polar surface area (TPSA) is 67.6 Å². The van der Waals surface area contributed by atoms with E-state index < -0.39 is 0 Å². The average Bonchev–Trinajstić information content (AvgIpc) is 3.42. The van der Waals surface area contributed by atoms with Crippen LogP contribution in [0.2, 0.25) is 0 Å². The minimum absolute atomic E-state index is 0.0861. The van der Waals surface area contributed by atoms with Gasteiger partial charge in [-0.3, -0.25) is 4.98 Å². The van der Waals surface area contributed by atoms with Gasteiger partial charge in [-0.05, 0) is 55.0 Å². The maximum absolute atomic E-state index is 11.7. The maximum Gasteiger partial charge on any atom is 0.337 e. The van der Waals surface area contributed by atoms with E-state index in [4.69, 9.17) is 21.4 Å². The maximum atomic E-state index is 11.7. The largest absolute Gasteiger partial charge is 0.465 e. The summed E-state index contributed by atoms with van der Waals surface area (Å²) in [4.78, 5) is 18.4. The number of rotatable bonds is 7. The Morgan fingerprint density at radius 3 is 2.68 bits per heavy atom. The second-order valence-corrected chi connectivity index (χ2v) is 7.83. The van der Waals surface area contributed by atoms with Crippen LogP contribution < -0.4 is 5.32 Å². The summed E-state index contributed by atoms with van der Waals surface area (Å²) in [7, 11) is 1.37. The number of ether oxygens (including phenoxy) is 1. The van der Waals surface area contributed by atoms with Crippen LogP contribution in [0.25, 0.3) is 11.3 Å². The van der Waals surface area contributed by atoms with Gasteiger partial charge < -0.3 is 19.4 Å². The molecule has 1 aliphatic heterocycles. The third kappa shape index (κ3) is 4.32. The van der Waals surface area contributed by atoms with Gasteiger partial charge in [-0.1, -0.05) is 31.5 Å². The van der Waals surface area contributed by atoms with Crippen molar-refractivity contribution < 1.29 is 13.9 Å². The Bertz CT molecular complexity index is 1050. The highest BCUT2D eigenvalue weighted by molar-refractivity contribution is 7.80. The molecule has 1 N–H and O–H groups in total. The Labute approximate surface area is 187 Å². The molecule has 1 fully saturated rings. The number of unbranched alkanes of at least 4 members (excludes halogenated alkanes) is 1. The van der Waals surface area contributed by atoms with Crippen LogP contribution >= 0.6 is 12.2 Å². The predicted molar refractivity (Wildman–Crippen MR) is 123 cm³/mol. The first-order valence-electron chi connectivity index (χ1n) is 10.4. The number of esters is 1. The minimum atomic E-state index is -0.359. The van der Waals surface area contributed by atoms with Crippen molar-refractivity contribution in [2.45, 2.75) is 31.8 Å². The van der Waals surface area contributed by atoms with Gasteiger partial charge in [0.2, 0.25) is 0 Å². The third-order valence-corrected chi connectivity index (χ3v) is 5.81. The molecule has 31 heavy (non-hydrogen) atoms. The SMILES string of the molecule is CCCCN1C(=S)N[C@H](c2ccccn2)[C@H]1c1ccc(-c2ccc(C(=O)OC)cc2)o1. The Morgan fingerprint density at radius 2 is 2.00 bits per heavy atom. The molecular weight excluding hydrogens is 410 g/mol. The van der Waals surface area contributed by atoms with Gasteiger partial charge in [-0.2, -0.15) is 0 Å². The van der Waals surface area contributed by atoms with Crippen LogP contribution in [0.1, 0.15) is 53.7 Å². The number of pyridine rings is 1. The van der Waals surface area contributed by atoms with E-state index in [1.165, 1.54) is 7.11 Å². The lowest BCUT2D eigenvalue weighted by atomic mass is 10.0. The van der Waals surface area contributed by atoms with Crippen molar-refractivity contribution in [1.82, 2.24) is 15.2 Å². The first kappa shape index (κ1) is 21.1. The molecule has 0 amide bonds. The summed E-state index contributed by atoms with van der Waals surface area (Å²) in [5.74, 6) is 1.20. The van der Waals surface area contributed by atoms with Crippen molar-refractivity contribution in [1.29, 1.82) is 0 Å². The molecule has 1 aliphatic rings. The summed E-state index contributed by atoms with van der Waals surface area (Å²) in [5, 5.41) is 4.15. The zero-order valence-electron chi connectivity index (χ0n) is 17.6. The lowest BCUT2D eigenvalue weighted by Gasteiger charge is -2.25. The van der Waals surface area contributed by atoms with Gasteiger partial charge >= 0.3 is 5.97 Å². The number of benzene rings is 1. The smallest absolute Gasteiger partial charge is 0.337 e. The molecule has 0 spiro atoms. The van der Waals surface area contributed by atoms with E-state index in [0.29, 0.717) is 5.56 Å². The second kappa shape index (κ2) is 9.31. The van der Waals surface area contributed by atoms with E-state index in [2.05, 4.69) is 22.1 Å². The molecule has 2 aromatic heterocycles. The first-order chi connectivity index (χ1) is 15.1. The molecule has 6 nitrogen and oxygen atoms in total. The zero-order chi connectivity index (χ0) is 21.8. The van der Waals surface area contributed by atoms with Gasteiger partial charge in [-0.25, -0.2) is 4.79 Å². The van der Waals surface area contributed by atoms with Crippen LogP contribution in [-0.2, 0) is 4.74 Å². The van der Waals surface area contributed by atoms with Crippen molar-refractivity contribution >= 4 is 23.3 Å². The number of nitrogens with one attached hydrogen (secondary N) is 1. The fourth-order valence-electron chi connectivity index (χ4n) is 3.84. The van der Waals surface area contributed by atoms with Crippen molar-refractivity contribution in [3.63, 3.8) is 0 Å². The molecule has 3 aromatic rings. The Morgan fingerprint density at radius 1 is 1.19 bits per heavy atom. The lowest BCUT2D eigenvalue weighted by Crippen LogP contribution is -2.30. The number of thiocarbonyl (C=S) groups is 1. The summed E-state index contributed by atoms with van der Waals surface area (Å²) in [6.45, 7) is 3.01. The predicted octanol–water partition coefficient (Wildman–Crippen LogP) is 4.90. The van der Waals surface area contributed by atoms with Gasteiger partial charge in [0.05, 0.1) is 24.4 Å². The molecule has 2 atom stereocenters. The van der Waals surface area contributed by atoms with Crippen molar-refractivity contribution in [2.75, 3.05) is 13.7 Å². The number of methoxy groups -OCH3 is 1. The molecule has 1 saturated heterocycles. The standard InChI is InChI=1S/C24H25N3O3S/c1-3-4-15-27-22(21(26-24(27)31)18-7-5-6-14-25-18)20-13-12-19(30-20)16-8-10-17(11-9-16)23(28)29-2/h5-14,21-22H,3-4,15H2,1-2H3,(H,26,31)/t21-,22-/m1/s1. The highest BCUT2D eigenvalue weighted by Crippen LogP contribution is 2.40. The third-order valence-electron chi connectivity index (χ3n) is 5.46. The fourth-order valence-corrected chi connectivity index (χ4v) is 4.17. The van der Waals surface area contributed by atoms with Crippen LogP contribution in [0.4, 0.5) is 0 Å². The molecule has 0 aliphatic carbocycles. The van der Waals surface area contributed by atoms with E-state index in [9.17, 15) is 4.79 Å². The molecule has 0 radical (unpaired) electrons. The average molecular weight is 436 g/mol. The van der Waals surface area contributed by atoms with E-state index in [1.807, 2.05) is 42.5 Å². The lowest BCUT2D eigenvalue weighted by molar-refractivity contribution is 0.0600. The van der Waals surface area contributed by atoms with Crippen LogP contribution in [0, 0.1) is 0 Å². The van der Waals surface area contributed by atoms with E-state index in [1.54, 1.807) is 18.3 Å². The quantitative estimate of drug-likeness (QED) is 0.418. The number of carbonyl (C=O) groups excluding carboxylic acids is 1. The molecule has 4 rings (SSSR count). The summed E-state index contributed by atoms with van der Waals surface area (Å²) >= 11 is 5.66. The van der Waals surface area contributed by atoms with Crippen molar-refractivity contribution in [3.05, 3.63) is 77.8 Å². The fraction of sp³-hybridized carbons (Fsp3) is 0.292. The van der Waals surface area contributed by atoms with Crippen molar-refractivity contribution in [2.24, 2.45) is 0 Å². The number of carbonyl (C=O) groups is 1. The van der Waals surface area contributed by atoms with Gasteiger partial charge in [0.1, 0.15) is 17.6 Å². The summed E-state index contributed by atoms with van der Waals surface area (Å²) < 4.78 is 11.1. The van der Waals surface area contributed by atoms with Crippen LogP contribution in [0.15, 0.2) is 65.2 Å². The summed E-state index contributed by atoms with van der Waals surface area (Å²) in [6, 6.07) is 16.9. The molecule has 0 saturated carbocycles. The number of hydrogen-bond acceptors (Lipinski definition) is 5. The van der Waals surface area contributed by atoms with Crippen molar-refractivity contribution in [3.8, 4) is 11.3 Å². The van der Waals surface area contributed by atoms with E-state index in [-0.39, 0.29) is 18.1 Å². The van der Waals surface area contributed by atoms with E-state index >= 15 is 0 Å². The van der Waals surface area contributed by atoms with Gasteiger partial charge in [-0.15, -0.1) is 0 Å². The Balaban J connectivity index is 1.65. The summed E-state index contributed by atoms with van der Waals surface area (Å²) in [6.07, 6.45) is 3.91. The number of furan rings is 1. The highest BCUT2D eigenvalue weighted by atomic mass is 32.1. The highest BCUT2D eigenvalue weighted by Gasteiger charge is 2.41. The number of hydrogen-bond donors (Lipinski definition) is 1.